The normalized spacial score (nSPS) is 11.4. The van der Waals surface area contributed by atoms with Crippen LogP contribution in [0.5, 0.6) is 0 Å². The number of nitro benzene ring substituents is 1. The molecule has 0 heterocycles. The molecule has 0 fully saturated rings. The van der Waals surface area contributed by atoms with E-state index in [1.807, 2.05) is 43.3 Å². The first kappa shape index (κ1) is 14.5. The van der Waals surface area contributed by atoms with Gasteiger partial charge < -0.3 is 5.32 Å². The first-order valence-electron chi connectivity index (χ1n) is 6.59. The second kappa shape index (κ2) is 6.53. The lowest BCUT2D eigenvalue weighted by molar-refractivity contribution is -0.384. The molecule has 5 heteroatoms. The molecule has 1 unspecified atom stereocenters. The molecule has 0 bridgehead atoms. The van der Waals surface area contributed by atoms with E-state index < -0.39 is 4.92 Å². The van der Waals surface area contributed by atoms with E-state index in [1.54, 1.807) is 0 Å². The minimum Gasteiger partial charge on any atom is -0.379 e. The second-order valence-corrected chi connectivity index (χ2v) is 4.79. The summed E-state index contributed by atoms with van der Waals surface area (Å²) in [5.41, 5.74) is 1.91. The van der Waals surface area contributed by atoms with Gasteiger partial charge in [0, 0.05) is 12.6 Å². The number of nitriles is 1. The van der Waals surface area contributed by atoms with E-state index in [9.17, 15) is 10.1 Å². The summed E-state index contributed by atoms with van der Waals surface area (Å²) in [6.07, 6.45) is 0. The van der Waals surface area contributed by atoms with Crippen LogP contribution in [0.4, 0.5) is 11.4 Å². The first-order valence-corrected chi connectivity index (χ1v) is 6.59. The van der Waals surface area contributed by atoms with Crippen molar-refractivity contribution in [3.05, 3.63) is 69.8 Å². The number of nitrogens with one attached hydrogen (secondary N) is 1. The van der Waals surface area contributed by atoms with Gasteiger partial charge in [-0.1, -0.05) is 37.3 Å². The van der Waals surface area contributed by atoms with Crippen LogP contribution >= 0.6 is 0 Å². The smallest absolute Gasteiger partial charge is 0.292 e. The summed E-state index contributed by atoms with van der Waals surface area (Å²) in [6, 6.07) is 16.2. The minimum absolute atomic E-state index is 0.0192. The predicted molar refractivity (Wildman–Crippen MR) is 81.2 cm³/mol. The Balaban J connectivity index is 2.16. The van der Waals surface area contributed by atoms with E-state index in [0.29, 0.717) is 17.8 Å². The van der Waals surface area contributed by atoms with Crippen LogP contribution in [-0.2, 0) is 0 Å². The van der Waals surface area contributed by atoms with Crippen molar-refractivity contribution in [1.29, 1.82) is 5.26 Å². The summed E-state index contributed by atoms with van der Waals surface area (Å²) >= 11 is 0. The van der Waals surface area contributed by atoms with Crippen molar-refractivity contribution >= 4 is 11.4 Å². The van der Waals surface area contributed by atoms with E-state index in [2.05, 4.69) is 5.32 Å². The van der Waals surface area contributed by atoms with Gasteiger partial charge in [0.05, 0.1) is 16.6 Å². The van der Waals surface area contributed by atoms with Gasteiger partial charge in [-0.2, -0.15) is 5.26 Å². The minimum atomic E-state index is -0.448. The molecule has 0 amide bonds. The Labute approximate surface area is 123 Å². The molecule has 0 aromatic heterocycles. The fourth-order valence-corrected chi connectivity index (χ4v) is 2.07. The summed E-state index contributed by atoms with van der Waals surface area (Å²) in [5.74, 6) is 0.205. The molecule has 0 saturated carbocycles. The molecule has 0 radical (unpaired) electrons. The van der Waals surface area contributed by atoms with Gasteiger partial charge in [-0.3, -0.25) is 10.1 Å². The number of nitro groups is 1. The SMILES string of the molecule is CC(CNc1cc(C#N)ccc1[N+](=O)[O-])c1ccccc1. The van der Waals surface area contributed by atoms with Gasteiger partial charge >= 0.3 is 0 Å². The summed E-state index contributed by atoms with van der Waals surface area (Å²) in [7, 11) is 0. The van der Waals surface area contributed by atoms with Crippen molar-refractivity contribution < 1.29 is 4.92 Å². The topological polar surface area (TPSA) is 79.0 Å². The number of hydrogen-bond donors (Lipinski definition) is 1. The lowest BCUT2D eigenvalue weighted by Crippen LogP contribution is -2.11. The maximum absolute atomic E-state index is 11.0. The molecule has 0 aliphatic heterocycles. The number of hydrogen-bond acceptors (Lipinski definition) is 4. The van der Waals surface area contributed by atoms with E-state index in [0.717, 1.165) is 5.56 Å². The highest BCUT2D eigenvalue weighted by molar-refractivity contribution is 5.64. The highest BCUT2D eigenvalue weighted by Gasteiger charge is 2.15. The molecule has 0 saturated heterocycles. The fraction of sp³-hybridized carbons (Fsp3) is 0.188. The molecule has 0 aliphatic carbocycles. The quantitative estimate of drug-likeness (QED) is 0.669. The zero-order chi connectivity index (χ0) is 15.2. The molecule has 5 nitrogen and oxygen atoms in total. The molecule has 2 aromatic rings. The van der Waals surface area contributed by atoms with Crippen molar-refractivity contribution in [3.63, 3.8) is 0 Å². The van der Waals surface area contributed by atoms with Crippen molar-refractivity contribution in [3.8, 4) is 6.07 Å². The number of nitrogens with zero attached hydrogens (tertiary/aromatic N) is 2. The van der Waals surface area contributed by atoms with E-state index >= 15 is 0 Å². The predicted octanol–water partition coefficient (Wildman–Crippen LogP) is 3.68. The standard InChI is InChI=1S/C16H15N3O2/c1-12(14-5-3-2-4-6-14)11-18-15-9-13(10-17)7-8-16(15)19(20)21/h2-9,12,18H,11H2,1H3. The monoisotopic (exact) mass is 281 g/mol. The molecule has 1 atom stereocenters. The van der Waals surface area contributed by atoms with Crippen LogP contribution in [0.2, 0.25) is 0 Å². The molecule has 0 aliphatic rings. The van der Waals surface area contributed by atoms with Crippen LogP contribution in [0.3, 0.4) is 0 Å². The third-order valence-electron chi connectivity index (χ3n) is 3.29. The number of rotatable bonds is 5. The number of anilines is 1. The molecule has 2 aromatic carbocycles. The van der Waals surface area contributed by atoms with Gasteiger partial charge in [-0.05, 0) is 23.6 Å². The van der Waals surface area contributed by atoms with Gasteiger partial charge in [-0.25, -0.2) is 0 Å². The summed E-state index contributed by atoms with van der Waals surface area (Å²) in [4.78, 5) is 10.6. The van der Waals surface area contributed by atoms with Crippen LogP contribution in [-0.4, -0.2) is 11.5 Å². The summed E-state index contributed by atoms with van der Waals surface area (Å²) in [6.45, 7) is 2.60. The highest BCUT2D eigenvalue weighted by atomic mass is 16.6. The first-order chi connectivity index (χ1) is 10.1. The Morgan fingerprint density at radius 2 is 2.00 bits per heavy atom. The lowest BCUT2D eigenvalue weighted by Gasteiger charge is -2.14. The van der Waals surface area contributed by atoms with Crippen molar-refractivity contribution in [2.24, 2.45) is 0 Å². The molecule has 1 N–H and O–H groups in total. The average Bonchev–Trinajstić information content (AvgIpc) is 2.52. The Hall–Kier alpha value is -2.87. The zero-order valence-electron chi connectivity index (χ0n) is 11.6. The average molecular weight is 281 g/mol. The fourth-order valence-electron chi connectivity index (χ4n) is 2.07. The van der Waals surface area contributed by atoms with Gasteiger partial charge in [0.25, 0.3) is 5.69 Å². The van der Waals surface area contributed by atoms with E-state index in [-0.39, 0.29) is 11.6 Å². The van der Waals surface area contributed by atoms with Gasteiger partial charge in [0.1, 0.15) is 5.69 Å². The molecule has 106 valence electrons. The highest BCUT2D eigenvalue weighted by Crippen LogP contribution is 2.26. The van der Waals surface area contributed by atoms with Crippen molar-refractivity contribution in [2.45, 2.75) is 12.8 Å². The Morgan fingerprint density at radius 1 is 1.29 bits per heavy atom. The Bertz CT molecular complexity index is 678. The maximum atomic E-state index is 11.0. The molecule has 2 rings (SSSR count). The molecular formula is C16H15N3O2. The largest absolute Gasteiger partial charge is 0.379 e. The van der Waals surface area contributed by atoms with Crippen LogP contribution in [0.1, 0.15) is 24.0 Å². The molecular weight excluding hydrogens is 266 g/mol. The van der Waals surface area contributed by atoms with Crippen LogP contribution < -0.4 is 5.32 Å². The Morgan fingerprint density at radius 3 is 2.62 bits per heavy atom. The lowest BCUT2D eigenvalue weighted by atomic mass is 10.0. The molecule has 21 heavy (non-hydrogen) atoms. The third kappa shape index (κ3) is 3.57. The van der Waals surface area contributed by atoms with Gasteiger partial charge in [-0.15, -0.1) is 0 Å². The summed E-state index contributed by atoms with van der Waals surface area (Å²) in [5, 5.41) is 23.0. The third-order valence-corrected chi connectivity index (χ3v) is 3.29. The molecule has 0 spiro atoms. The van der Waals surface area contributed by atoms with E-state index in [1.165, 1.54) is 18.2 Å². The van der Waals surface area contributed by atoms with Crippen molar-refractivity contribution in [1.82, 2.24) is 0 Å². The maximum Gasteiger partial charge on any atom is 0.292 e. The van der Waals surface area contributed by atoms with Crippen LogP contribution in [0, 0.1) is 21.4 Å². The van der Waals surface area contributed by atoms with Crippen LogP contribution in [0.25, 0.3) is 0 Å². The van der Waals surface area contributed by atoms with Crippen LogP contribution in [0.15, 0.2) is 48.5 Å². The van der Waals surface area contributed by atoms with Gasteiger partial charge in [0.15, 0.2) is 0 Å². The van der Waals surface area contributed by atoms with Crippen molar-refractivity contribution in [2.75, 3.05) is 11.9 Å². The zero-order valence-corrected chi connectivity index (χ0v) is 11.6. The summed E-state index contributed by atoms with van der Waals surface area (Å²) < 4.78 is 0. The Kier molecular flexibility index (Phi) is 4.52. The van der Waals surface area contributed by atoms with E-state index in [4.69, 9.17) is 5.26 Å². The van der Waals surface area contributed by atoms with Gasteiger partial charge in [0.2, 0.25) is 0 Å². The second-order valence-electron chi connectivity index (χ2n) is 4.79. The number of benzene rings is 2.